The number of hydrogen-bond donors (Lipinski definition) is 0. The Morgan fingerprint density at radius 2 is 1.85 bits per heavy atom. The fraction of sp³-hybridized carbons (Fsp3) is 0.133. The largest absolute Gasteiger partial charge is 0.454 e. The number of nitrogens with zero attached hydrogens (tertiary/aromatic N) is 1. The molecule has 0 aliphatic heterocycles. The van der Waals surface area contributed by atoms with Crippen LogP contribution in [-0.4, -0.2) is 16.5 Å². The Hall–Kier alpha value is -2.30. The van der Waals surface area contributed by atoms with Crippen LogP contribution in [0.15, 0.2) is 54.9 Å². The summed E-state index contributed by atoms with van der Waals surface area (Å²) in [5, 5.41) is 0. The minimum atomic E-state index is -4.83. The predicted octanol–water partition coefficient (Wildman–Crippen LogP) is 3.95. The first-order valence-corrected chi connectivity index (χ1v) is 5.96. The van der Waals surface area contributed by atoms with Gasteiger partial charge in [0, 0.05) is 24.5 Å². The van der Waals surface area contributed by atoms with Gasteiger partial charge in [0.1, 0.15) is 0 Å². The lowest BCUT2D eigenvalue weighted by Gasteiger charge is -2.02. The molecule has 2 nitrogen and oxygen atoms in total. The Morgan fingerprint density at radius 3 is 2.50 bits per heavy atom. The number of alkyl halides is 3. The van der Waals surface area contributed by atoms with Crippen LogP contribution in [0.5, 0.6) is 0 Å². The first-order valence-electron chi connectivity index (χ1n) is 5.96. The van der Waals surface area contributed by atoms with Crippen LogP contribution in [0.4, 0.5) is 13.2 Å². The van der Waals surface area contributed by atoms with Crippen LogP contribution >= 0.6 is 0 Å². The molecule has 0 spiro atoms. The van der Waals surface area contributed by atoms with Gasteiger partial charge in [-0.1, -0.05) is 42.5 Å². The van der Waals surface area contributed by atoms with Crippen molar-refractivity contribution in [1.29, 1.82) is 0 Å². The molecule has 104 valence electrons. The van der Waals surface area contributed by atoms with Gasteiger partial charge in [-0.15, -0.1) is 0 Å². The quantitative estimate of drug-likeness (QED) is 0.777. The zero-order valence-electron chi connectivity index (χ0n) is 10.5. The van der Waals surface area contributed by atoms with Gasteiger partial charge in [-0.25, -0.2) is 0 Å². The van der Waals surface area contributed by atoms with E-state index in [9.17, 15) is 18.0 Å². The first-order chi connectivity index (χ1) is 9.47. The second kappa shape index (κ2) is 5.77. The number of benzene rings is 1. The molecular weight excluding hydrogens is 267 g/mol. The maximum absolute atomic E-state index is 12.2. The number of Topliss-reactive ketones (excluding diaryl/α,β-unsaturated/α-hetero) is 1. The summed E-state index contributed by atoms with van der Waals surface area (Å²) < 4.78 is 38.3. The van der Waals surface area contributed by atoms with Crippen molar-refractivity contribution in [2.75, 3.05) is 0 Å². The van der Waals surface area contributed by atoms with Gasteiger partial charge in [0.25, 0.3) is 5.78 Å². The van der Waals surface area contributed by atoms with Gasteiger partial charge >= 0.3 is 6.18 Å². The Bertz CT molecular complexity index is 612. The molecule has 0 saturated carbocycles. The molecule has 0 aliphatic carbocycles. The van der Waals surface area contributed by atoms with Gasteiger partial charge in [-0.3, -0.25) is 4.79 Å². The number of ketones is 1. The molecule has 0 amide bonds. The van der Waals surface area contributed by atoms with E-state index in [4.69, 9.17) is 0 Å². The van der Waals surface area contributed by atoms with Crippen LogP contribution in [0, 0.1) is 0 Å². The third-order valence-electron chi connectivity index (χ3n) is 2.70. The lowest BCUT2D eigenvalue weighted by molar-refractivity contribution is -0.0885. The van der Waals surface area contributed by atoms with Crippen LogP contribution in [0.25, 0.3) is 6.08 Å². The minimum Gasteiger partial charge on any atom is -0.350 e. The molecule has 0 aliphatic rings. The summed E-state index contributed by atoms with van der Waals surface area (Å²) >= 11 is 0. The zero-order valence-corrected chi connectivity index (χ0v) is 10.5. The first kappa shape index (κ1) is 14.1. The topological polar surface area (TPSA) is 22.0 Å². The third-order valence-corrected chi connectivity index (χ3v) is 2.70. The molecule has 0 bridgehead atoms. The molecule has 0 N–H and O–H groups in total. The number of allylic oxidation sites excluding steroid dienone is 1. The molecule has 20 heavy (non-hydrogen) atoms. The van der Waals surface area contributed by atoms with Crippen LogP contribution in [-0.2, 0) is 6.54 Å². The predicted molar refractivity (Wildman–Crippen MR) is 70.3 cm³/mol. The van der Waals surface area contributed by atoms with E-state index in [0.29, 0.717) is 6.54 Å². The third kappa shape index (κ3) is 3.60. The molecule has 0 unspecified atom stereocenters. The SMILES string of the molecule is O=C(c1ccn(C/C=C/c2ccccc2)c1)C(F)(F)F. The average Bonchev–Trinajstić information content (AvgIpc) is 2.87. The Balaban J connectivity index is 2.00. The summed E-state index contributed by atoms with van der Waals surface area (Å²) in [5.74, 6) is -1.82. The van der Waals surface area contributed by atoms with E-state index < -0.39 is 12.0 Å². The second-order valence-electron chi connectivity index (χ2n) is 4.24. The highest BCUT2D eigenvalue weighted by atomic mass is 19.4. The van der Waals surface area contributed by atoms with Crippen molar-refractivity contribution in [1.82, 2.24) is 4.57 Å². The van der Waals surface area contributed by atoms with Gasteiger partial charge in [0.2, 0.25) is 0 Å². The highest BCUT2D eigenvalue weighted by Crippen LogP contribution is 2.21. The number of rotatable bonds is 4. The molecule has 5 heteroatoms. The molecule has 2 aromatic rings. The molecule has 0 fully saturated rings. The molecule has 0 atom stereocenters. The number of carbonyl (C=O) groups is 1. The van der Waals surface area contributed by atoms with Gasteiger partial charge in [-0.2, -0.15) is 13.2 Å². The van der Waals surface area contributed by atoms with Crippen LogP contribution in [0.1, 0.15) is 15.9 Å². The minimum absolute atomic E-state index is 0.342. The summed E-state index contributed by atoms with van der Waals surface area (Å²) in [4.78, 5) is 11.0. The Morgan fingerprint density at radius 1 is 1.15 bits per heavy atom. The molecule has 1 heterocycles. The standard InChI is InChI=1S/C15H12F3NO/c16-15(17,18)14(20)13-8-10-19(11-13)9-4-7-12-5-2-1-3-6-12/h1-8,10-11H,9H2/b7-4+. The fourth-order valence-corrected chi connectivity index (χ4v) is 1.73. The van der Waals surface area contributed by atoms with E-state index in [1.54, 1.807) is 0 Å². The average molecular weight is 279 g/mol. The molecule has 2 rings (SSSR count). The number of hydrogen-bond acceptors (Lipinski definition) is 1. The normalized spacial score (nSPS) is 11.9. The maximum atomic E-state index is 12.2. The van der Waals surface area contributed by atoms with Gasteiger partial charge in [0.05, 0.1) is 0 Å². The van der Waals surface area contributed by atoms with Crippen LogP contribution in [0.2, 0.25) is 0 Å². The van der Waals surface area contributed by atoms with Crippen molar-refractivity contribution in [3.63, 3.8) is 0 Å². The molecule has 0 saturated heterocycles. The highest BCUT2D eigenvalue weighted by Gasteiger charge is 2.39. The summed E-state index contributed by atoms with van der Waals surface area (Å²) in [6, 6.07) is 10.7. The van der Waals surface area contributed by atoms with Crippen molar-refractivity contribution in [3.8, 4) is 0 Å². The smallest absolute Gasteiger partial charge is 0.350 e. The molecule has 1 aromatic heterocycles. The fourth-order valence-electron chi connectivity index (χ4n) is 1.73. The lowest BCUT2D eigenvalue weighted by atomic mass is 10.2. The van der Waals surface area contributed by atoms with E-state index >= 15 is 0 Å². The van der Waals surface area contributed by atoms with Crippen molar-refractivity contribution in [3.05, 3.63) is 66.0 Å². The van der Waals surface area contributed by atoms with Gasteiger partial charge in [-0.05, 0) is 11.6 Å². The lowest BCUT2D eigenvalue weighted by Crippen LogP contribution is -2.22. The Kier molecular flexibility index (Phi) is 4.08. The molecule has 0 radical (unpaired) electrons. The van der Waals surface area contributed by atoms with Crippen molar-refractivity contribution < 1.29 is 18.0 Å². The Labute approximate surface area is 114 Å². The van der Waals surface area contributed by atoms with Crippen molar-refractivity contribution in [2.45, 2.75) is 12.7 Å². The van der Waals surface area contributed by atoms with E-state index in [1.165, 1.54) is 23.0 Å². The number of halogens is 3. The zero-order chi connectivity index (χ0) is 14.6. The summed E-state index contributed by atoms with van der Waals surface area (Å²) in [5.41, 5.74) is 0.664. The summed E-state index contributed by atoms with van der Waals surface area (Å²) in [7, 11) is 0. The van der Waals surface area contributed by atoms with E-state index in [-0.39, 0.29) is 5.56 Å². The highest BCUT2D eigenvalue weighted by molar-refractivity contribution is 6.00. The molecular formula is C15H12F3NO. The van der Waals surface area contributed by atoms with E-state index in [1.807, 2.05) is 42.5 Å². The van der Waals surface area contributed by atoms with Crippen LogP contribution < -0.4 is 0 Å². The monoisotopic (exact) mass is 279 g/mol. The molecule has 1 aromatic carbocycles. The second-order valence-corrected chi connectivity index (χ2v) is 4.24. The van der Waals surface area contributed by atoms with E-state index in [2.05, 4.69) is 0 Å². The summed E-state index contributed by atoms with van der Waals surface area (Å²) in [6.07, 6.45) is 1.51. The van der Waals surface area contributed by atoms with Gasteiger partial charge in [0.15, 0.2) is 0 Å². The summed E-state index contributed by atoms with van der Waals surface area (Å²) in [6.45, 7) is 0.403. The number of carbonyl (C=O) groups excluding carboxylic acids is 1. The van der Waals surface area contributed by atoms with Gasteiger partial charge < -0.3 is 4.57 Å². The number of aromatic nitrogens is 1. The maximum Gasteiger partial charge on any atom is 0.454 e. The van der Waals surface area contributed by atoms with Crippen LogP contribution in [0.3, 0.4) is 0 Å². The van der Waals surface area contributed by atoms with Crippen molar-refractivity contribution >= 4 is 11.9 Å². The van der Waals surface area contributed by atoms with E-state index in [0.717, 1.165) is 5.56 Å². The van der Waals surface area contributed by atoms with Crippen molar-refractivity contribution in [2.24, 2.45) is 0 Å².